The van der Waals surface area contributed by atoms with Crippen molar-refractivity contribution < 1.29 is 14.3 Å². The number of carbonyl (C=O) groups excluding carboxylic acids is 1. The Bertz CT molecular complexity index is 502. The number of hydrogen-bond donors (Lipinski definition) is 1. The van der Waals surface area contributed by atoms with E-state index in [0.717, 1.165) is 17.6 Å². The van der Waals surface area contributed by atoms with Gasteiger partial charge < -0.3 is 14.3 Å². The molecule has 1 heterocycles. The first-order valence-corrected chi connectivity index (χ1v) is 5.35. The fourth-order valence-corrected chi connectivity index (χ4v) is 1.72. The topological polar surface area (TPSA) is 63.3 Å². The standard InChI is InChI=1S/C13H13NO3/c1-9-8-14-13(17-9)12(6-7-15)10-2-4-11(16)5-3-10/h2-5,7-8,12,16H,6H2,1H3. The van der Waals surface area contributed by atoms with Crippen LogP contribution in [0.3, 0.4) is 0 Å². The molecule has 0 aliphatic carbocycles. The van der Waals surface area contributed by atoms with E-state index in [1.165, 1.54) is 0 Å². The Labute approximate surface area is 98.9 Å². The molecule has 0 aliphatic heterocycles. The molecule has 17 heavy (non-hydrogen) atoms. The quantitative estimate of drug-likeness (QED) is 0.821. The second-order valence-corrected chi connectivity index (χ2v) is 3.86. The molecule has 1 atom stereocenters. The normalized spacial score (nSPS) is 12.3. The monoisotopic (exact) mass is 231 g/mol. The van der Waals surface area contributed by atoms with Crippen LogP contribution in [-0.2, 0) is 4.79 Å². The van der Waals surface area contributed by atoms with Gasteiger partial charge in [-0.2, -0.15) is 0 Å². The number of aldehydes is 1. The SMILES string of the molecule is Cc1cnc(C(CC=O)c2ccc(O)cc2)o1. The van der Waals surface area contributed by atoms with Crippen LogP contribution in [0.2, 0.25) is 0 Å². The minimum Gasteiger partial charge on any atom is -0.508 e. The van der Waals surface area contributed by atoms with Gasteiger partial charge in [-0.05, 0) is 24.6 Å². The molecule has 2 aromatic rings. The third-order valence-electron chi connectivity index (χ3n) is 2.56. The summed E-state index contributed by atoms with van der Waals surface area (Å²) < 4.78 is 5.45. The van der Waals surface area contributed by atoms with Gasteiger partial charge in [0.2, 0.25) is 5.89 Å². The van der Waals surface area contributed by atoms with Crippen molar-refractivity contribution in [2.75, 3.05) is 0 Å². The van der Waals surface area contributed by atoms with Gasteiger partial charge in [-0.1, -0.05) is 12.1 Å². The Morgan fingerprint density at radius 3 is 2.65 bits per heavy atom. The molecule has 0 bridgehead atoms. The van der Waals surface area contributed by atoms with Gasteiger partial charge in [0, 0.05) is 6.42 Å². The van der Waals surface area contributed by atoms with E-state index in [-0.39, 0.29) is 11.7 Å². The highest BCUT2D eigenvalue weighted by Crippen LogP contribution is 2.27. The van der Waals surface area contributed by atoms with Crippen molar-refractivity contribution in [2.24, 2.45) is 0 Å². The summed E-state index contributed by atoms with van der Waals surface area (Å²) in [6, 6.07) is 6.71. The van der Waals surface area contributed by atoms with Gasteiger partial charge in [0.05, 0.1) is 12.1 Å². The number of aromatic hydroxyl groups is 1. The van der Waals surface area contributed by atoms with Crippen LogP contribution in [0.4, 0.5) is 0 Å². The maximum atomic E-state index is 10.7. The predicted octanol–water partition coefficient (Wildman–Crippen LogP) is 2.41. The lowest BCUT2D eigenvalue weighted by Crippen LogP contribution is -2.02. The van der Waals surface area contributed by atoms with Crippen LogP contribution in [0.25, 0.3) is 0 Å². The number of aromatic nitrogens is 1. The number of nitrogens with zero attached hydrogens (tertiary/aromatic N) is 1. The van der Waals surface area contributed by atoms with E-state index >= 15 is 0 Å². The maximum Gasteiger partial charge on any atom is 0.202 e. The zero-order valence-corrected chi connectivity index (χ0v) is 9.46. The van der Waals surface area contributed by atoms with Gasteiger partial charge in [-0.25, -0.2) is 4.98 Å². The summed E-state index contributed by atoms with van der Waals surface area (Å²) in [6.07, 6.45) is 2.79. The average Bonchev–Trinajstić information content (AvgIpc) is 2.74. The molecule has 0 amide bonds. The minimum atomic E-state index is -0.193. The number of phenols is 1. The highest BCUT2D eigenvalue weighted by Gasteiger charge is 2.18. The molecule has 1 N–H and O–H groups in total. The zero-order valence-electron chi connectivity index (χ0n) is 9.46. The Hall–Kier alpha value is -2.10. The fraction of sp³-hybridized carbons (Fsp3) is 0.231. The molecule has 0 aliphatic rings. The molecule has 1 unspecified atom stereocenters. The highest BCUT2D eigenvalue weighted by atomic mass is 16.4. The summed E-state index contributed by atoms with van der Waals surface area (Å²) in [4.78, 5) is 14.9. The van der Waals surface area contributed by atoms with Crippen LogP contribution >= 0.6 is 0 Å². The Balaban J connectivity index is 2.34. The smallest absolute Gasteiger partial charge is 0.202 e. The molecule has 0 radical (unpaired) electrons. The van der Waals surface area contributed by atoms with Crippen LogP contribution < -0.4 is 0 Å². The van der Waals surface area contributed by atoms with Crippen molar-refractivity contribution in [2.45, 2.75) is 19.3 Å². The molecular weight excluding hydrogens is 218 g/mol. The third-order valence-corrected chi connectivity index (χ3v) is 2.56. The van der Waals surface area contributed by atoms with Gasteiger partial charge in [0.15, 0.2) is 0 Å². The molecule has 0 fully saturated rings. The number of hydrogen-bond acceptors (Lipinski definition) is 4. The van der Waals surface area contributed by atoms with Crippen molar-refractivity contribution in [3.05, 3.63) is 47.7 Å². The molecule has 0 spiro atoms. The first-order valence-electron chi connectivity index (χ1n) is 5.35. The number of carbonyl (C=O) groups is 1. The van der Waals surface area contributed by atoms with Crippen LogP contribution in [0.1, 0.15) is 29.6 Å². The lowest BCUT2D eigenvalue weighted by molar-refractivity contribution is -0.108. The van der Waals surface area contributed by atoms with Crippen molar-refractivity contribution in [3.8, 4) is 5.75 Å². The summed E-state index contributed by atoms with van der Waals surface area (Å²) in [5.41, 5.74) is 0.900. The zero-order chi connectivity index (χ0) is 12.3. The lowest BCUT2D eigenvalue weighted by Gasteiger charge is -2.10. The first kappa shape index (κ1) is 11.4. The van der Waals surface area contributed by atoms with Crippen molar-refractivity contribution >= 4 is 6.29 Å². The van der Waals surface area contributed by atoms with E-state index in [2.05, 4.69) is 4.98 Å². The Kier molecular flexibility index (Phi) is 3.23. The molecule has 0 saturated heterocycles. The largest absolute Gasteiger partial charge is 0.508 e. The summed E-state index contributed by atoms with van der Waals surface area (Å²) in [5.74, 6) is 1.25. The van der Waals surface area contributed by atoms with Crippen LogP contribution in [0, 0.1) is 6.92 Å². The number of benzene rings is 1. The molecule has 1 aromatic heterocycles. The van der Waals surface area contributed by atoms with Gasteiger partial charge in [0.25, 0.3) is 0 Å². The molecule has 4 nitrogen and oxygen atoms in total. The second kappa shape index (κ2) is 4.82. The fourth-order valence-electron chi connectivity index (χ4n) is 1.72. The number of rotatable bonds is 4. The van der Waals surface area contributed by atoms with Gasteiger partial charge >= 0.3 is 0 Å². The Morgan fingerprint density at radius 1 is 1.41 bits per heavy atom. The van der Waals surface area contributed by atoms with Crippen LogP contribution in [0.5, 0.6) is 5.75 Å². The van der Waals surface area contributed by atoms with E-state index in [9.17, 15) is 9.90 Å². The molecule has 1 aromatic carbocycles. The molecule has 88 valence electrons. The summed E-state index contributed by atoms with van der Waals surface area (Å²) in [5, 5.41) is 9.23. The molecule has 2 rings (SSSR count). The van der Waals surface area contributed by atoms with Gasteiger partial charge in [-0.15, -0.1) is 0 Å². The average molecular weight is 231 g/mol. The first-order chi connectivity index (χ1) is 8.20. The van der Waals surface area contributed by atoms with E-state index < -0.39 is 0 Å². The lowest BCUT2D eigenvalue weighted by atomic mass is 9.96. The minimum absolute atomic E-state index is 0.193. The van der Waals surface area contributed by atoms with Crippen molar-refractivity contribution in [3.63, 3.8) is 0 Å². The van der Waals surface area contributed by atoms with Crippen molar-refractivity contribution in [1.82, 2.24) is 4.98 Å². The van der Waals surface area contributed by atoms with Gasteiger partial charge in [-0.3, -0.25) is 0 Å². The maximum absolute atomic E-state index is 10.7. The second-order valence-electron chi connectivity index (χ2n) is 3.86. The van der Waals surface area contributed by atoms with E-state index in [0.29, 0.717) is 12.3 Å². The molecular formula is C13H13NO3. The summed E-state index contributed by atoms with van der Waals surface area (Å²) >= 11 is 0. The predicted molar refractivity (Wildman–Crippen MR) is 61.9 cm³/mol. The Morgan fingerprint density at radius 2 is 2.12 bits per heavy atom. The van der Waals surface area contributed by atoms with E-state index in [1.807, 2.05) is 6.92 Å². The van der Waals surface area contributed by atoms with Gasteiger partial charge in [0.1, 0.15) is 17.8 Å². The molecule has 0 saturated carbocycles. The molecule has 4 heteroatoms. The van der Waals surface area contributed by atoms with E-state index in [4.69, 9.17) is 4.42 Å². The third kappa shape index (κ3) is 2.53. The number of aryl methyl sites for hydroxylation is 1. The van der Waals surface area contributed by atoms with Crippen molar-refractivity contribution in [1.29, 1.82) is 0 Å². The summed E-state index contributed by atoms with van der Waals surface area (Å²) in [6.45, 7) is 1.81. The highest BCUT2D eigenvalue weighted by molar-refractivity contribution is 5.53. The van der Waals surface area contributed by atoms with Crippen LogP contribution in [0.15, 0.2) is 34.9 Å². The number of oxazole rings is 1. The van der Waals surface area contributed by atoms with E-state index in [1.54, 1.807) is 30.5 Å². The summed E-state index contributed by atoms with van der Waals surface area (Å²) in [7, 11) is 0. The number of phenolic OH excluding ortho intramolecular Hbond substituents is 1. The van der Waals surface area contributed by atoms with Crippen LogP contribution in [-0.4, -0.2) is 16.4 Å².